The van der Waals surface area contributed by atoms with Crippen molar-refractivity contribution in [3.63, 3.8) is 0 Å². The van der Waals surface area contributed by atoms with Gasteiger partial charge in [-0.1, -0.05) is 11.6 Å². The van der Waals surface area contributed by atoms with Crippen molar-refractivity contribution >= 4 is 41.3 Å². The molecule has 1 aliphatic heterocycles. The van der Waals surface area contributed by atoms with Gasteiger partial charge >= 0.3 is 0 Å². The lowest BCUT2D eigenvalue weighted by Gasteiger charge is -2.39. The van der Waals surface area contributed by atoms with Gasteiger partial charge in [0.1, 0.15) is 0 Å². The van der Waals surface area contributed by atoms with Crippen LogP contribution in [0.3, 0.4) is 0 Å². The fourth-order valence-corrected chi connectivity index (χ4v) is 3.81. The number of amides is 1. The van der Waals surface area contributed by atoms with E-state index in [1.807, 2.05) is 30.9 Å². The van der Waals surface area contributed by atoms with Crippen LogP contribution in [0.4, 0.5) is 0 Å². The smallest absolute Gasteiger partial charge is 0.230 e. The van der Waals surface area contributed by atoms with E-state index in [1.54, 1.807) is 0 Å². The molecule has 20 heavy (non-hydrogen) atoms. The molecule has 1 aromatic heterocycles. The summed E-state index contributed by atoms with van der Waals surface area (Å²) in [6, 6.07) is 4.01. The number of nitrogens with zero attached hydrogens (tertiary/aromatic N) is 1. The summed E-state index contributed by atoms with van der Waals surface area (Å²) in [5.41, 5.74) is 6.03. The van der Waals surface area contributed by atoms with Crippen LogP contribution in [-0.2, 0) is 4.79 Å². The zero-order valence-electron chi connectivity index (χ0n) is 11.8. The molecule has 0 bridgehead atoms. The van der Waals surface area contributed by atoms with Gasteiger partial charge in [-0.25, -0.2) is 0 Å². The van der Waals surface area contributed by atoms with E-state index in [9.17, 15) is 4.79 Å². The van der Waals surface area contributed by atoms with Crippen LogP contribution in [0, 0.1) is 0 Å². The van der Waals surface area contributed by atoms with Crippen LogP contribution < -0.4 is 5.73 Å². The van der Waals surface area contributed by atoms with E-state index in [2.05, 4.69) is 0 Å². The molecular weight excluding hydrogens is 315 g/mol. The summed E-state index contributed by atoms with van der Waals surface area (Å²) in [6.45, 7) is 4.77. The molecule has 6 heteroatoms. The molecule has 3 atom stereocenters. The number of hydrogen-bond acceptors (Lipinski definition) is 3. The number of likely N-dealkylation sites (tertiary alicyclic amines) is 1. The lowest BCUT2D eigenvalue weighted by molar-refractivity contribution is -0.136. The number of thiophene rings is 1. The predicted octanol–water partition coefficient (Wildman–Crippen LogP) is 3.66. The Balaban J connectivity index is 0.00000200. The van der Waals surface area contributed by atoms with Gasteiger partial charge in [0.25, 0.3) is 0 Å². The second-order valence-electron chi connectivity index (χ2n) is 5.32. The molecule has 1 amide bonds. The van der Waals surface area contributed by atoms with Gasteiger partial charge in [0.2, 0.25) is 5.91 Å². The van der Waals surface area contributed by atoms with Gasteiger partial charge in [-0.15, -0.1) is 23.7 Å². The van der Waals surface area contributed by atoms with E-state index in [1.165, 1.54) is 11.3 Å². The Morgan fingerprint density at radius 2 is 2.15 bits per heavy atom. The minimum Gasteiger partial charge on any atom is -0.338 e. The first-order chi connectivity index (χ1) is 9.00. The van der Waals surface area contributed by atoms with E-state index in [4.69, 9.17) is 17.3 Å². The number of hydrogen-bond donors (Lipinski definition) is 1. The molecule has 3 nitrogen and oxygen atoms in total. The number of nitrogens with two attached hydrogens (primary N) is 1. The molecule has 1 fully saturated rings. The highest BCUT2D eigenvalue weighted by molar-refractivity contribution is 7.16. The van der Waals surface area contributed by atoms with Crippen LogP contribution in [-0.4, -0.2) is 29.4 Å². The number of rotatable bonds is 3. The predicted molar refractivity (Wildman–Crippen MR) is 88.0 cm³/mol. The van der Waals surface area contributed by atoms with Crippen LogP contribution in [0.2, 0.25) is 4.34 Å². The summed E-state index contributed by atoms with van der Waals surface area (Å²) < 4.78 is 0.733. The first-order valence-electron chi connectivity index (χ1n) is 6.82. The average Bonchev–Trinajstić information content (AvgIpc) is 2.83. The van der Waals surface area contributed by atoms with Crippen LogP contribution in [0.1, 0.15) is 43.9 Å². The van der Waals surface area contributed by atoms with Crippen molar-refractivity contribution in [3.8, 4) is 0 Å². The van der Waals surface area contributed by atoms with E-state index in [-0.39, 0.29) is 36.3 Å². The third kappa shape index (κ3) is 3.88. The van der Waals surface area contributed by atoms with Crippen LogP contribution >= 0.6 is 35.3 Å². The second-order valence-corrected chi connectivity index (χ2v) is 7.06. The molecule has 3 unspecified atom stereocenters. The Morgan fingerprint density at radius 1 is 1.45 bits per heavy atom. The highest BCUT2D eigenvalue weighted by Crippen LogP contribution is 2.31. The van der Waals surface area contributed by atoms with Gasteiger partial charge in [0.05, 0.1) is 10.3 Å². The Hall–Kier alpha value is -0.290. The number of carbonyl (C=O) groups excluding carboxylic acids is 1. The zero-order valence-corrected chi connectivity index (χ0v) is 14.2. The summed E-state index contributed by atoms with van der Waals surface area (Å²) in [5, 5.41) is 0. The maximum atomic E-state index is 12.7. The van der Waals surface area contributed by atoms with Crippen LogP contribution in [0.25, 0.3) is 0 Å². The first-order valence-corrected chi connectivity index (χ1v) is 8.01. The first kappa shape index (κ1) is 17.8. The fraction of sp³-hybridized carbons (Fsp3) is 0.643. The van der Waals surface area contributed by atoms with E-state index in [0.29, 0.717) is 0 Å². The fourth-order valence-electron chi connectivity index (χ4n) is 2.71. The van der Waals surface area contributed by atoms with Crippen molar-refractivity contribution in [2.75, 3.05) is 6.54 Å². The molecule has 2 rings (SSSR count). The summed E-state index contributed by atoms with van der Waals surface area (Å²) in [5.74, 6) is 0.0531. The van der Waals surface area contributed by atoms with Crippen molar-refractivity contribution in [1.82, 2.24) is 4.90 Å². The molecule has 1 aliphatic rings. The summed E-state index contributed by atoms with van der Waals surface area (Å²) in [6.07, 6.45) is 3.25. The quantitative estimate of drug-likeness (QED) is 0.915. The van der Waals surface area contributed by atoms with Gasteiger partial charge in [-0.05, 0) is 45.2 Å². The average molecular weight is 337 g/mol. The Bertz CT molecular complexity index is 450. The number of piperidine rings is 1. The Kier molecular flexibility index (Phi) is 6.79. The van der Waals surface area contributed by atoms with Gasteiger partial charge in [0, 0.05) is 23.5 Å². The number of halogens is 2. The normalized spacial score (nSPS) is 22.0. The SMILES string of the molecule is CC(C(=O)N1CCCCC1C(C)N)c1ccc(Cl)s1.Cl. The third-order valence-corrected chi connectivity index (χ3v) is 5.24. The van der Waals surface area contributed by atoms with E-state index >= 15 is 0 Å². The molecule has 114 valence electrons. The largest absolute Gasteiger partial charge is 0.338 e. The van der Waals surface area contributed by atoms with Gasteiger partial charge in [0.15, 0.2) is 0 Å². The highest BCUT2D eigenvalue weighted by atomic mass is 35.5. The zero-order chi connectivity index (χ0) is 14.0. The van der Waals surface area contributed by atoms with E-state index in [0.717, 1.165) is 35.0 Å². The van der Waals surface area contributed by atoms with Crippen molar-refractivity contribution in [1.29, 1.82) is 0 Å². The van der Waals surface area contributed by atoms with E-state index < -0.39 is 0 Å². The van der Waals surface area contributed by atoms with Gasteiger partial charge in [-0.3, -0.25) is 4.79 Å². The van der Waals surface area contributed by atoms with Crippen LogP contribution in [0.5, 0.6) is 0 Å². The molecule has 1 aromatic rings. The molecule has 0 aromatic carbocycles. The molecule has 2 N–H and O–H groups in total. The summed E-state index contributed by atoms with van der Waals surface area (Å²) >= 11 is 7.43. The lowest BCUT2D eigenvalue weighted by Crippen LogP contribution is -2.52. The maximum Gasteiger partial charge on any atom is 0.230 e. The van der Waals surface area contributed by atoms with Crippen molar-refractivity contribution in [2.45, 2.75) is 51.1 Å². The molecular formula is C14H22Cl2N2OS. The van der Waals surface area contributed by atoms with Crippen LogP contribution in [0.15, 0.2) is 12.1 Å². The molecule has 0 radical (unpaired) electrons. The summed E-state index contributed by atoms with van der Waals surface area (Å²) in [7, 11) is 0. The molecule has 0 spiro atoms. The van der Waals surface area contributed by atoms with Gasteiger partial charge in [-0.2, -0.15) is 0 Å². The maximum absolute atomic E-state index is 12.7. The molecule has 0 aliphatic carbocycles. The molecule has 1 saturated heterocycles. The second kappa shape index (κ2) is 7.64. The summed E-state index contributed by atoms with van der Waals surface area (Å²) in [4.78, 5) is 15.7. The topological polar surface area (TPSA) is 46.3 Å². The molecule has 0 saturated carbocycles. The van der Waals surface area contributed by atoms with Crippen molar-refractivity contribution < 1.29 is 4.79 Å². The minimum atomic E-state index is -0.128. The molecule has 2 heterocycles. The van der Waals surface area contributed by atoms with Gasteiger partial charge < -0.3 is 10.6 Å². The third-order valence-electron chi connectivity index (χ3n) is 3.83. The number of carbonyl (C=O) groups is 1. The Morgan fingerprint density at radius 3 is 2.70 bits per heavy atom. The van der Waals surface area contributed by atoms with Crippen molar-refractivity contribution in [2.24, 2.45) is 5.73 Å². The highest BCUT2D eigenvalue weighted by Gasteiger charge is 2.32. The standard InChI is InChI=1S/C14H21ClN2OS.ClH/c1-9(12-6-7-13(15)19-12)14(18)17-8-4-3-5-11(17)10(2)16;/h6-7,9-11H,3-5,8,16H2,1-2H3;1H. The van der Waals surface area contributed by atoms with Crippen molar-refractivity contribution in [3.05, 3.63) is 21.3 Å². The monoisotopic (exact) mass is 336 g/mol. The lowest BCUT2D eigenvalue weighted by atomic mass is 9.95. The minimum absolute atomic E-state index is 0. The Labute approximate surface area is 135 Å².